The molecular formula is C25H24N2O2S. The van der Waals surface area contributed by atoms with Crippen LogP contribution in [0.1, 0.15) is 27.0 Å². The molecule has 0 unspecified atom stereocenters. The summed E-state index contributed by atoms with van der Waals surface area (Å²) in [5.41, 5.74) is 6.06. The molecule has 0 atom stereocenters. The first-order valence-corrected chi connectivity index (χ1v) is 10.9. The summed E-state index contributed by atoms with van der Waals surface area (Å²) in [6, 6.07) is 22.0. The highest BCUT2D eigenvalue weighted by Crippen LogP contribution is 2.28. The normalized spacial score (nSPS) is 11.0. The molecule has 4 rings (SSSR count). The fraction of sp³-hybridized carbons (Fsp3) is 0.200. The average Bonchev–Trinajstić information content (AvgIpc) is 3.10. The van der Waals surface area contributed by atoms with Crippen molar-refractivity contribution in [2.45, 2.75) is 31.7 Å². The zero-order valence-corrected chi connectivity index (χ0v) is 18.2. The number of hydrogen-bond acceptors (Lipinski definition) is 4. The fourth-order valence-corrected chi connectivity index (χ4v) is 4.64. The highest BCUT2D eigenvalue weighted by Gasteiger charge is 2.18. The first-order valence-electron chi connectivity index (χ1n) is 9.91. The van der Waals surface area contributed by atoms with E-state index in [-0.39, 0.29) is 12.5 Å². The lowest BCUT2D eigenvalue weighted by Crippen LogP contribution is -2.20. The van der Waals surface area contributed by atoms with Crippen molar-refractivity contribution in [3.05, 3.63) is 89.0 Å². The van der Waals surface area contributed by atoms with E-state index in [1.54, 1.807) is 16.3 Å². The number of nitrogens with zero attached hydrogens (tertiary/aromatic N) is 2. The van der Waals surface area contributed by atoms with Crippen LogP contribution < -0.4 is 4.74 Å². The van der Waals surface area contributed by atoms with Gasteiger partial charge in [-0.2, -0.15) is 0 Å². The molecule has 3 aromatic carbocycles. The van der Waals surface area contributed by atoms with Gasteiger partial charge in [0.15, 0.2) is 11.8 Å². The maximum absolute atomic E-state index is 13.2. The Morgan fingerprint density at radius 3 is 2.37 bits per heavy atom. The van der Waals surface area contributed by atoms with E-state index in [0.29, 0.717) is 5.16 Å². The van der Waals surface area contributed by atoms with E-state index in [9.17, 15) is 4.79 Å². The van der Waals surface area contributed by atoms with Crippen LogP contribution in [0.3, 0.4) is 0 Å². The molecule has 1 heterocycles. The van der Waals surface area contributed by atoms with Crippen LogP contribution in [-0.4, -0.2) is 22.1 Å². The van der Waals surface area contributed by atoms with Crippen LogP contribution in [0.15, 0.2) is 71.9 Å². The van der Waals surface area contributed by atoms with Gasteiger partial charge in [-0.15, -0.1) is 0 Å². The third-order valence-electron chi connectivity index (χ3n) is 4.93. The number of ether oxygens (including phenoxy) is 1. The summed E-state index contributed by atoms with van der Waals surface area (Å²) in [4.78, 5) is 17.9. The number of imidazole rings is 1. The largest absolute Gasteiger partial charge is 0.483 e. The lowest BCUT2D eigenvalue weighted by atomic mass is 10.1. The van der Waals surface area contributed by atoms with Crippen molar-refractivity contribution >= 4 is 28.7 Å². The van der Waals surface area contributed by atoms with Crippen LogP contribution in [0.25, 0.3) is 11.0 Å². The van der Waals surface area contributed by atoms with Crippen molar-refractivity contribution in [3.63, 3.8) is 0 Å². The summed E-state index contributed by atoms with van der Waals surface area (Å²) < 4.78 is 7.65. The van der Waals surface area contributed by atoms with Crippen molar-refractivity contribution in [1.29, 1.82) is 0 Å². The number of hydrogen-bond donors (Lipinski definition) is 0. The van der Waals surface area contributed by atoms with Crippen LogP contribution in [0, 0.1) is 20.8 Å². The van der Waals surface area contributed by atoms with Crippen LogP contribution >= 0.6 is 11.8 Å². The average molecular weight is 417 g/mol. The van der Waals surface area contributed by atoms with E-state index >= 15 is 0 Å². The molecule has 0 spiro atoms. The molecule has 0 N–H and O–H groups in total. The maximum atomic E-state index is 13.2. The Balaban J connectivity index is 1.60. The minimum atomic E-state index is -0.126. The second-order valence-corrected chi connectivity index (χ2v) is 8.35. The predicted octanol–water partition coefficient (Wildman–Crippen LogP) is 5.97. The van der Waals surface area contributed by atoms with Crippen molar-refractivity contribution in [2.75, 3.05) is 6.61 Å². The zero-order chi connectivity index (χ0) is 21.1. The molecule has 0 aliphatic carbocycles. The predicted molar refractivity (Wildman–Crippen MR) is 123 cm³/mol. The van der Waals surface area contributed by atoms with E-state index in [0.717, 1.165) is 33.7 Å². The van der Waals surface area contributed by atoms with Crippen LogP contribution in [0.2, 0.25) is 0 Å². The Hall–Kier alpha value is -3.05. The second-order valence-electron chi connectivity index (χ2n) is 7.40. The summed E-state index contributed by atoms with van der Waals surface area (Å²) >= 11 is 1.56. The highest BCUT2D eigenvalue weighted by atomic mass is 32.2. The number of carbonyl (C=O) groups excluding carboxylic acids is 1. The monoisotopic (exact) mass is 416 g/mol. The third-order valence-corrected chi connectivity index (χ3v) is 5.94. The zero-order valence-electron chi connectivity index (χ0n) is 17.4. The molecule has 4 aromatic rings. The van der Waals surface area contributed by atoms with Gasteiger partial charge < -0.3 is 4.74 Å². The maximum Gasteiger partial charge on any atom is 0.271 e. The van der Waals surface area contributed by atoms with Gasteiger partial charge in [0.2, 0.25) is 0 Å². The van der Waals surface area contributed by atoms with Gasteiger partial charge in [0, 0.05) is 5.75 Å². The molecule has 0 saturated heterocycles. The van der Waals surface area contributed by atoms with Gasteiger partial charge in [-0.3, -0.25) is 9.36 Å². The summed E-state index contributed by atoms with van der Waals surface area (Å²) in [7, 11) is 0. The van der Waals surface area contributed by atoms with Crippen LogP contribution in [-0.2, 0) is 5.75 Å². The second kappa shape index (κ2) is 8.76. The SMILES string of the molecule is Cc1cc(C)c(OCC(=O)n2c(SCc3ccccc3)nc3ccccc32)c(C)c1. The molecule has 0 aliphatic heterocycles. The van der Waals surface area contributed by atoms with Gasteiger partial charge in [-0.1, -0.05) is 71.9 Å². The van der Waals surface area contributed by atoms with Crippen LogP contribution in [0.4, 0.5) is 0 Å². The third kappa shape index (κ3) is 4.26. The number of thioether (sulfide) groups is 1. The van der Waals surface area contributed by atoms with Crippen LogP contribution in [0.5, 0.6) is 5.75 Å². The topological polar surface area (TPSA) is 44.1 Å². The molecule has 0 fully saturated rings. The quantitative estimate of drug-likeness (QED) is 0.363. The van der Waals surface area contributed by atoms with Gasteiger partial charge in [-0.05, 0) is 49.6 Å². The summed E-state index contributed by atoms with van der Waals surface area (Å²) in [5, 5.41) is 0.686. The molecule has 30 heavy (non-hydrogen) atoms. The van der Waals surface area contributed by atoms with E-state index < -0.39 is 0 Å². The summed E-state index contributed by atoms with van der Waals surface area (Å²) in [6.45, 7) is 6.04. The van der Waals surface area contributed by atoms with Gasteiger partial charge >= 0.3 is 0 Å². The molecular weight excluding hydrogens is 392 g/mol. The number of para-hydroxylation sites is 2. The molecule has 5 heteroatoms. The Bertz CT molecular complexity index is 1180. The Kier molecular flexibility index (Phi) is 5.91. The molecule has 0 amide bonds. The van der Waals surface area contributed by atoms with Gasteiger partial charge in [0.25, 0.3) is 5.91 Å². The first kappa shape index (κ1) is 20.2. The standard InChI is InChI=1S/C25H24N2O2S/c1-17-13-18(2)24(19(3)14-17)29-15-23(28)27-22-12-8-7-11-21(22)26-25(27)30-16-20-9-5-4-6-10-20/h4-14H,15-16H2,1-3H3. The molecule has 1 aromatic heterocycles. The Morgan fingerprint density at radius 2 is 1.63 bits per heavy atom. The number of aromatic nitrogens is 2. The smallest absolute Gasteiger partial charge is 0.271 e. The molecule has 0 bridgehead atoms. The fourth-order valence-electron chi connectivity index (χ4n) is 3.66. The minimum absolute atomic E-state index is 0.0377. The van der Waals surface area contributed by atoms with Gasteiger partial charge in [-0.25, -0.2) is 4.98 Å². The highest BCUT2D eigenvalue weighted by molar-refractivity contribution is 7.98. The van der Waals surface area contributed by atoms with E-state index in [1.165, 1.54) is 11.1 Å². The lowest BCUT2D eigenvalue weighted by molar-refractivity contribution is 0.0831. The number of rotatable bonds is 6. The van der Waals surface area contributed by atoms with Crippen molar-refractivity contribution < 1.29 is 9.53 Å². The van der Waals surface area contributed by atoms with E-state index in [1.807, 2.05) is 56.3 Å². The van der Waals surface area contributed by atoms with Crippen molar-refractivity contribution in [1.82, 2.24) is 9.55 Å². The molecule has 152 valence electrons. The molecule has 0 aliphatic rings. The molecule has 0 radical (unpaired) electrons. The lowest BCUT2D eigenvalue weighted by Gasteiger charge is -2.14. The summed E-state index contributed by atoms with van der Waals surface area (Å²) in [6.07, 6.45) is 0. The Morgan fingerprint density at radius 1 is 0.967 bits per heavy atom. The van der Waals surface area contributed by atoms with Gasteiger partial charge in [0.1, 0.15) is 5.75 Å². The Labute approximate surface area is 180 Å². The number of fused-ring (bicyclic) bond motifs is 1. The first-order chi connectivity index (χ1) is 14.5. The number of aryl methyl sites for hydroxylation is 3. The van der Waals surface area contributed by atoms with Crippen molar-refractivity contribution in [3.8, 4) is 5.75 Å². The molecule has 4 nitrogen and oxygen atoms in total. The summed E-state index contributed by atoms with van der Waals surface area (Å²) in [5.74, 6) is 1.39. The number of benzene rings is 3. The van der Waals surface area contributed by atoms with Crippen molar-refractivity contribution in [2.24, 2.45) is 0 Å². The minimum Gasteiger partial charge on any atom is -0.483 e. The van der Waals surface area contributed by atoms with E-state index in [4.69, 9.17) is 9.72 Å². The van der Waals surface area contributed by atoms with Gasteiger partial charge in [0.05, 0.1) is 11.0 Å². The molecule has 0 saturated carbocycles. The van der Waals surface area contributed by atoms with E-state index in [2.05, 4.69) is 31.2 Å². The number of carbonyl (C=O) groups is 1.